The van der Waals surface area contributed by atoms with Crippen molar-refractivity contribution in [1.82, 2.24) is 0 Å². The Hall–Kier alpha value is -2.85. The van der Waals surface area contributed by atoms with E-state index >= 15 is 0 Å². The van der Waals surface area contributed by atoms with Crippen LogP contribution in [0.5, 0.6) is 0 Å². The topological polar surface area (TPSA) is 49.7 Å². The number of ketones is 1. The maximum absolute atomic E-state index is 12.6. The Morgan fingerprint density at radius 3 is 2.17 bits per heavy atom. The van der Waals surface area contributed by atoms with E-state index in [9.17, 15) is 4.79 Å². The number of carbonyl (C=O) groups is 1. The number of rotatable bonds is 6. The molecular weight excluding hydrogens is 390 g/mol. The van der Waals surface area contributed by atoms with Crippen molar-refractivity contribution in [3.05, 3.63) is 83.4 Å². The van der Waals surface area contributed by atoms with Gasteiger partial charge in [0.2, 0.25) is 5.78 Å². The van der Waals surface area contributed by atoms with Crippen LogP contribution in [-0.2, 0) is 5.41 Å². The summed E-state index contributed by atoms with van der Waals surface area (Å²) in [4.78, 5) is 15.0. The molecule has 0 saturated carbocycles. The van der Waals surface area contributed by atoms with Crippen LogP contribution in [0.2, 0.25) is 0 Å². The van der Waals surface area contributed by atoms with Gasteiger partial charge in [-0.2, -0.15) is 0 Å². The van der Waals surface area contributed by atoms with Crippen molar-refractivity contribution in [2.24, 2.45) is 5.16 Å². The summed E-state index contributed by atoms with van der Waals surface area (Å²) in [5.74, 6) is -0.238. The van der Waals surface area contributed by atoms with Crippen LogP contribution in [0, 0.1) is 0 Å². The number of benzene rings is 3. The fourth-order valence-electron chi connectivity index (χ4n) is 4.57. The third-order valence-electron chi connectivity index (χ3n) is 6.26. The summed E-state index contributed by atoms with van der Waals surface area (Å²) >= 11 is 1.77. The zero-order chi connectivity index (χ0) is 21.3. The fourth-order valence-corrected chi connectivity index (χ4v) is 5.45. The highest BCUT2D eigenvalue weighted by molar-refractivity contribution is 7.99. The molecule has 0 aliphatic heterocycles. The standard InChI is InChI=1S/C26H25NO2S/c1-4-26(5-2)23-15-18(25(28)17(3)27-29)11-13-21(23)22-14-12-20(16-24(22)26)30-19-9-7-6-8-10-19/h6-16,29H,4-5H2,1-3H3. The average molecular weight is 416 g/mol. The molecule has 0 heterocycles. The van der Waals surface area contributed by atoms with E-state index in [-0.39, 0.29) is 16.9 Å². The van der Waals surface area contributed by atoms with Crippen molar-refractivity contribution in [2.45, 2.75) is 48.8 Å². The zero-order valence-electron chi connectivity index (χ0n) is 17.5. The molecule has 0 aromatic heterocycles. The molecule has 0 saturated heterocycles. The molecule has 1 aliphatic rings. The fraction of sp³-hybridized carbons (Fsp3) is 0.231. The number of hydrogen-bond donors (Lipinski definition) is 1. The van der Waals surface area contributed by atoms with Crippen LogP contribution < -0.4 is 0 Å². The highest BCUT2D eigenvalue weighted by atomic mass is 32.2. The van der Waals surface area contributed by atoms with Gasteiger partial charge in [-0.25, -0.2) is 0 Å². The van der Waals surface area contributed by atoms with E-state index < -0.39 is 0 Å². The van der Waals surface area contributed by atoms with E-state index in [1.54, 1.807) is 11.8 Å². The number of nitrogens with zero attached hydrogens (tertiary/aromatic N) is 1. The van der Waals surface area contributed by atoms with Crippen molar-refractivity contribution in [1.29, 1.82) is 0 Å². The van der Waals surface area contributed by atoms with Gasteiger partial charge in [0.05, 0.1) is 0 Å². The van der Waals surface area contributed by atoms with Gasteiger partial charge >= 0.3 is 0 Å². The molecule has 3 aromatic carbocycles. The van der Waals surface area contributed by atoms with E-state index in [1.807, 2.05) is 24.3 Å². The Labute approximate surface area is 181 Å². The van der Waals surface area contributed by atoms with Gasteiger partial charge in [0.15, 0.2) is 0 Å². The first-order valence-corrected chi connectivity index (χ1v) is 11.1. The zero-order valence-corrected chi connectivity index (χ0v) is 18.3. The van der Waals surface area contributed by atoms with Crippen molar-refractivity contribution < 1.29 is 10.0 Å². The molecule has 0 radical (unpaired) electrons. The summed E-state index contributed by atoms with van der Waals surface area (Å²) in [6, 6.07) is 23.0. The smallest absolute Gasteiger partial charge is 0.210 e. The predicted molar refractivity (Wildman–Crippen MR) is 123 cm³/mol. The second-order valence-electron chi connectivity index (χ2n) is 7.69. The molecule has 0 unspecified atom stereocenters. The Bertz CT molecular complexity index is 1130. The monoisotopic (exact) mass is 415 g/mol. The largest absolute Gasteiger partial charge is 0.411 e. The molecule has 0 atom stereocenters. The Balaban J connectivity index is 1.82. The van der Waals surface area contributed by atoms with E-state index in [0.29, 0.717) is 5.56 Å². The molecular formula is C26H25NO2S. The van der Waals surface area contributed by atoms with E-state index in [4.69, 9.17) is 5.21 Å². The van der Waals surface area contributed by atoms with Crippen molar-refractivity contribution in [3.8, 4) is 11.1 Å². The number of hydrogen-bond acceptors (Lipinski definition) is 4. The molecule has 3 aromatic rings. The number of oxime groups is 1. The van der Waals surface area contributed by atoms with Gasteiger partial charge in [0.25, 0.3) is 0 Å². The van der Waals surface area contributed by atoms with Crippen LogP contribution >= 0.6 is 11.8 Å². The Morgan fingerprint density at radius 1 is 0.900 bits per heavy atom. The van der Waals surface area contributed by atoms with Crippen LogP contribution in [0.15, 0.2) is 81.7 Å². The highest BCUT2D eigenvalue weighted by Crippen LogP contribution is 2.53. The summed E-state index contributed by atoms with van der Waals surface area (Å²) in [5.41, 5.74) is 5.52. The third-order valence-corrected chi connectivity index (χ3v) is 7.26. The Kier molecular flexibility index (Phi) is 5.52. The second kappa shape index (κ2) is 8.11. The van der Waals surface area contributed by atoms with Gasteiger partial charge in [0, 0.05) is 20.8 Å². The first-order chi connectivity index (χ1) is 14.5. The first-order valence-electron chi connectivity index (χ1n) is 10.3. The highest BCUT2D eigenvalue weighted by Gasteiger charge is 2.41. The molecule has 4 rings (SSSR count). The minimum atomic E-state index is -0.238. The normalized spacial score (nSPS) is 14.3. The molecule has 0 fully saturated rings. The van der Waals surface area contributed by atoms with Crippen LogP contribution in [-0.4, -0.2) is 16.7 Å². The summed E-state index contributed by atoms with van der Waals surface area (Å²) in [7, 11) is 0. The minimum Gasteiger partial charge on any atom is -0.411 e. The lowest BCUT2D eigenvalue weighted by Gasteiger charge is -2.30. The van der Waals surface area contributed by atoms with E-state index in [0.717, 1.165) is 12.8 Å². The van der Waals surface area contributed by atoms with Gasteiger partial charge < -0.3 is 5.21 Å². The summed E-state index contributed by atoms with van der Waals surface area (Å²) in [6.07, 6.45) is 1.90. The van der Waals surface area contributed by atoms with Gasteiger partial charge in [-0.05, 0) is 72.4 Å². The van der Waals surface area contributed by atoms with Crippen LogP contribution in [0.1, 0.15) is 55.1 Å². The van der Waals surface area contributed by atoms with Crippen molar-refractivity contribution >= 4 is 23.3 Å². The lowest BCUT2D eigenvalue weighted by molar-refractivity contribution is 0.106. The molecule has 0 amide bonds. The summed E-state index contributed by atoms with van der Waals surface area (Å²) in [5, 5.41) is 12.1. The average Bonchev–Trinajstić information content (AvgIpc) is 3.07. The Morgan fingerprint density at radius 2 is 1.53 bits per heavy atom. The summed E-state index contributed by atoms with van der Waals surface area (Å²) in [6.45, 7) is 5.97. The molecule has 0 bridgehead atoms. The minimum absolute atomic E-state index is 0.102. The maximum Gasteiger partial charge on any atom is 0.210 e. The molecule has 1 aliphatic carbocycles. The first kappa shape index (κ1) is 20.4. The second-order valence-corrected chi connectivity index (χ2v) is 8.83. The van der Waals surface area contributed by atoms with Gasteiger partial charge in [0.1, 0.15) is 5.71 Å². The molecule has 4 heteroatoms. The van der Waals surface area contributed by atoms with Crippen LogP contribution in [0.25, 0.3) is 11.1 Å². The van der Waals surface area contributed by atoms with Gasteiger partial charge in [-0.3, -0.25) is 4.79 Å². The third kappa shape index (κ3) is 3.25. The molecule has 0 spiro atoms. The molecule has 152 valence electrons. The van der Waals surface area contributed by atoms with Gasteiger partial charge in [-0.1, -0.05) is 67.2 Å². The number of Topliss-reactive ketones (excluding diaryl/α,β-unsaturated/α-hetero) is 1. The van der Waals surface area contributed by atoms with Crippen LogP contribution in [0.4, 0.5) is 0 Å². The maximum atomic E-state index is 12.6. The lowest BCUT2D eigenvalue weighted by Crippen LogP contribution is -2.23. The SMILES string of the molecule is CCC1(CC)c2cc(Sc3ccccc3)ccc2-c2ccc(C(=O)C(C)=NO)cc21. The van der Waals surface area contributed by atoms with Crippen LogP contribution in [0.3, 0.4) is 0 Å². The molecule has 30 heavy (non-hydrogen) atoms. The predicted octanol–water partition coefficient (Wildman–Crippen LogP) is 6.96. The molecule has 3 nitrogen and oxygen atoms in total. The number of carbonyl (C=O) groups excluding carboxylic acids is 1. The summed E-state index contributed by atoms with van der Waals surface area (Å²) < 4.78 is 0. The lowest BCUT2D eigenvalue weighted by atomic mass is 9.73. The van der Waals surface area contributed by atoms with E-state index in [1.165, 1.54) is 39.0 Å². The van der Waals surface area contributed by atoms with Gasteiger partial charge in [-0.15, -0.1) is 0 Å². The van der Waals surface area contributed by atoms with Crippen molar-refractivity contribution in [3.63, 3.8) is 0 Å². The quantitative estimate of drug-likeness (QED) is 0.205. The number of fused-ring (bicyclic) bond motifs is 3. The van der Waals surface area contributed by atoms with Crippen molar-refractivity contribution in [2.75, 3.05) is 0 Å². The van der Waals surface area contributed by atoms with E-state index in [2.05, 4.69) is 61.5 Å². The molecule has 1 N–H and O–H groups in total.